The zero-order valence-corrected chi connectivity index (χ0v) is 17.8. The molecule has 4 rings (SSSR count). The third-order valence-corrected chi connectivity index (χ3v) is 5.61. The van der Waals surface area contributed by atoms with Gasteiger partial charge in [0.05, 0.1) is 28.5 Å². The van der Waals surface area contributed by atoms with Crippen LogP contribution in [0.25, 0.3) is 0 Å². The lowest BCUT2D eigenvalue weighted by atomic mass is 10.0. The lowest BCUT2D eigenvalue weighted by molar-refractivity contribution is 0.0653. The van der Waals surface area contributed by atoms with Gasteiger partial charge in [-0.25, -0.2) is 0 Å². The molecule has 1 unspecified atom stereocenters. The molecule has 4 amide bonds. The Bertz CT molecular complexity index is 1080. The van der Waals surface area contributed by atoms with Crippen LogP contribution < -0.4 is 10.6 Å². The van der Waals surface area contributed by atoms with Crippen LogP contribution in [0.4, 0.5) is 5.69 Å². The van der Waals surface area contributed by atoms with Crippen LogP contribution in [0.5, 0.6) is 0 Å². The van der Waals surface area contributed by atoms with Crippen molar-refractivity contribution in [3.05, 3.63) is 64.7 Å². The van der Waals surface area contributed by atoms with E-state index in [9.17, 15) is 19.2 Å². The standard InChI is InChI=1S/C24H25N3O5/c1-2-11-27-23(30)17-10-9-15(13-19(17)24(27)31)21(28)26-20-8-4-3-7-18(20)22(29)25-14-16-6-5-12-32-16/h3-4,7-10,13,16H,2,5-6,11-12,14H2,1H3,(H,25,29)(H,26,28). The van der Waals surface area contributed by atoms with Crippen LogP contribution in [-0.2, 0) is 4.74 Å². The molecule has 1 atom stereocenters. The van der Waals surface area contributed by atoms with Crippen molar-refractivity contribution in [1.82, 2.24) is 10.2 Å². The molecular weight excluding hydrogens is 410 g/mol. The number of nitrogens with zero attached hydrogens (tertiary/aromatic N) is 1. The molecule has 2 aromatic carbocycles. The molecule has 8 nitrogen and oxygen atoms in total. The molecule has 0 bridgehead atoms. The molecule has 2 N–H and O–H groups in total. The molecule has 0 aliphatic carbocycles. The van der Waals surface area contributed by atoms with E-state index in [1.165, 1.54) is 23.1 Å². The molecule has 0 spiro atoms. The highest BCUT2D eigenvalue weighted by Crippen LogP contribution is 2.25. The van der Waals surface area contributed by atoms with Gasteiger partial charge in [0.2, 0.25) is 0 Å². The highest BCUT2D eigenvalue weighted by Gasteiger charge is 2.35. The zero-order chi connectivity index (χ0) is 22.7. The highest BCUT2D eigenvalue weighted by atomic mass is 16.5. The normalized spacial score (nSPS) is 17.4. The van der Waals surface area contributed by atoms with Gasteiger partial charge in [-0.2, -0.15) is 0 Å². The topological polar surface area (TPSA) is 105 Å². The predicted octanol–water partition coefficient (Wildman–Crippen LogP) is 2.85. The average molecular weight is 435 g/mol. The number of fused-ring (bicyclic) bond motifs is 1. The van der Waals surface area contributed by atoms with E-state index in [4.69, 9.17) is 4.74 Å². The number of ether oxygens (including phenoxy) is 1. The summed E-state index contributed by atoms with van der Waals surface area (Å²) in [6.45, 7) is 3.34. The van der Waals surface area contributed by atoms with Gasteiger partial charge in [-0.3, -0.25) is 24.1 Å². The molecule has 2 aromatic rings. The predicted molar refractivity (Wildman–Crippen MR) is 118 cm³/mol. The van der Waals surface area contributed by atoms with Gasteiger partial charge in [0.1, 0.15) is 0 Å². The fourth-order valence-electron chi connectivity index (χ4n) is 3.95. The number of nitrogens with one attached hydrogen (secondary N) is 2. The minimum atomic E-state index is -0.471. The van der Waals surface area contributed by atoms with Crippen LogP contribution >= 0.6 is 0 Å². The number of carbonyl (C=O) groups excluding carboxylic acids is 4. The van der Waals surface area contributed by atoms with Crippen molar-refractivity contribution >= 4 is 29.3 Å². The maximum atomic E-state index is 12.9. The van der Waals surface area contributed by atoms with Gasteiger partial charge >= 0.3 is 0 Å². The van der Waals surface area contributed by atoms with E-state index < -0.39 is 11.8 Å². The van der Waals surface area contributed by atoms with Crippen molar-refractivity contribution < 1.29 is 23.9 Å². The van der Waals surface area contributed by atoms with Crippen molar-refractivity contribution in [2.45, 2.75) is 32.3 Å². The molecule has 0 saturated carbocycles. The fraction of sp³-hybridized carbons (Fsp3) is 0.333. The van der Waals surface area contributed by atoms with Gasteiger partial charge in [0, 0.05) is 25.3 Å². The van der Waals surface area contributed by atoms with Crippen LogP contribution in [0.2, 0.25) is 0 Å². The molecule has 2 heterocycles. The largest absolute Gasteiger partial charge is 0.376 e. The number of hydrogen-bond donors (Lipinski definition) is 2. The Hall–Kier alpha value is -3.52. The van der Waals surface area contributed by atoms with Crippen molar-refractivity contribution in [2.75, 3.05) is 25.0 Å². The van der Waals surface area contributed by atoms with Crippen molar-refractivity contribution in [3.8, 4) is 0 Å². The minimum Gasteiger partial charge on any atom is -0.376 e. The second-order valence-electron chi connectivity index (χ2n) is 7.87. The van der Waals surface area contributed by atoms with Crippen LogP contribution in [0, 0.1) is 0 Å². The van der Waals surface area contributed by atoms with Gasteiger partial charge in [0.25, 0.3) is 23.6 Å². The lowest BCUT2D eigenvalue weighted by Gasteiger charge is -2.14. The van der Waals surface area contributed by atoms with Gasteiger partial charge in [-0.1, -0.05) is 19.1 Å². The number of carbonyl (C=O) groups is 4. The summed E-state index contributed by atoms with van der Waals surface area (Å²) in [4.78, 5) is 51.7. The third-order valence-electron chi connectivity index (χ3n) is 5.61. The van der Waals surface area contributed by atoms with Crippen LogP contribution in [0.15, 0.2) is 42.5 Å². The first-order valence-electron chi connectivity index (χ1n) is 10.8. The second kappa shape index (κ2) is 9.32. The van der Waals surface area contributed by atoms with Crippen LogP contribution in [0.3, 0.4) is 0 Å². The summed E-state index contributed by atoms with van der Waals surface area (Å²) in [5.74, 6) is -1.51. The van der Waals surface area contributed by atoms with E-state index in [0.29, 0.717) is 42.9 Å². The quantitative estimate of drug-likeness (QED) is 0.651. The smallest absolute Gasteiger partial charge is 0.261 e. The molecule has 1 saturated heterocycles. The summed E-state index contributed by atoms with van der Waals surface area (Å²) in [5.41, 5.74) is 1.45. The number of benzene rings is 2. The number of rotatable bonds is 7. The van der Waals surface area contributed by atoms with Crippen molar-refractivity contribution in [3.63, 3.8) is 0 Å². The van der Waals surface area contributed by atoms with E-state index in [-0.39, 0.29) is 29.0 Å². The maximum Gasteiger partial charge on any atom is 0.261 e. The van der Waals surface area contributed by atoms with Crippen molar-refractivity contribution in [1.29, 1.82) is 0 Å². The number of amides is 4. The SMILES string of the molecule is CCCN1C(=O)c2ccc(C(=O)Nc3ccccc3C(=O)NCC3CCCO3)cc2C1=O. The van der Waals surface area contributed by atoms with E-state index in [1.54, 1.807) is 24.3 Å². The first-order valence-corrected chi connectivity index (χ1v) is 10.8. The summed E-state index contributed by atoms with van der Waals surface area (Å²) >= 11 is 0. The third kappa shape index (κ3) is 4.27. The number of imide groups is 1. The molecule has 0 aromatic heterocycles. The van der Waals surface area contributed by atoms with E-state index >= 15 is 0 Å². The zero-order valence-electron chi connectivity index (χ0n) is 17.8. The van der Waals surface area contributed by atoms with Crippen LogP contribution in [0.1, 0.15) is 67.6 Å². The Morgan fingerprint density at radius 1 is 1.06 bits per heavy atom. The maximum absolute atomic E-state index is 12.9. The number of hydrogen-bond acceptors (Lipinski definition) is 5. The Morgan fingerprint density at radius 2 is 1.84 bits per heavy atom. The molecule has 0 radical (unpaired) electrons. The van der Waals surface area contributed by atoms with E-state index in [0.717, 1.165) is 12.8 Å². The molecular formula is C24H25N3O5. The monoisotopic (exact) mass is 435 g/mol. The van der Waals surface area contributed by atoms with Gasteiger partial charge in [-0.15, -0.1) is 0 Å². The van der Waals surface area contributed by atoms with Crippen LogP contribution in [-0.4, -0.2) is 54.3 Å². The first-order chi connectivity index (χ1) is 15.5. The van der Waals surface area contributed by atoms with Gasteiger partial charge < -0.3 is 15.4 Å². The lowest BCUT2D eigenvalue weighted by Crippen LogP contribution is -2.32. The Kier molecular flexibility index (Phi) is 6.32. The highest BCUT2D eigenvalue weighted by molar-refractivity contribution is 6.22. The fourth-order valence-corrected chi connectivity index (χ4v) is 3.95. The Balaban J connectivity index is 1.49. The summed E-state index contributed by atoms with van der Waals surface area (Å²) in [6, 6.07) is 11.2. The molecule has 8 heteroatoms. The summed E-state index contributed by atoms with van der Waals surface area (Å²) in [7, 11) is 0. The Labute approximate surface area is 185 Å². The van der Waals surface area contributed by atoms with E-state index in [2.05, 4.69) is 10.6 Å². The Morgan fingerprint density at radius 3 is 2.59 bits per heavy atom. The molecule has 32 heavy (non-hydrogen) atoms. The second-order valence-corrected chi connectivity index (χ2v) is 7.87. The molecule has 2 aliphatic rings. The minimum absolute atomic E-state index is 0.0136. The molecule has 2 aliphatic heterocycles. The summed E-state index contributed by atoms with van der Waals surface area (Å²) in [5, 5.41) is 5.60. The molecule has 1 fully saturated rings. The van der Waals surface area contributed by atoms with Gasteiger partial charge in [-0.05, 0) is 49.6 Å². The summed E-state index contributed by atoms with van der Waals surface area (Å²) < 4.78 is 5.53. The average Bonchev–Trinajstić information content (AvgIpc) is 3.41. The first kappa shape index (κ1) is 21.7. The van der Waals surface area contributed by atoms with Crippen molar-refractivity contribution in [2.24, 2.45) is 0 Å². The summed E-state index contributed by atoms with van der Waals surface area (Å²) in [6.07, 6.45) is 2.57. The number of para-hydroxylation sites is 1. The van der Waals surface area contributed by atoms with E-state index in [1.807, 2.05) is 6.92 Å². The molecule has 166 valence electrons. The number of anilines is 1. The van der Waals surface area contributed by atoms with Gasteiger partial charge in [0.15, 0.2) is 0 Å².